The Kier molecular flexibility index (Phi) is 6.69. The number of benzene rings is 2. The number of hydrogen-bond acceptors (Lipinski definition) is 6. The zero-order chi connectivity index (χ0) is 22.0. The fraction of sp³-hybridized carbons (Fsp3) is 0.348. The Hall–Kier alpha value is -1.90. The van der Waals surface area contributed by atoms with Crippen molar-refractivity contribution in [3.05, 3.63) is 69.1 Å². The number of halogens is 1. The first kappa shape index (κ1) is 22.3. The standard InChI is InChI=1S/C23H25BrN2O3S2/c1-16-5-3-4-6-17(16)13-19-15-30-23(25-19)26-11-9-20(10-12-26)31(27,28)22-14-18(24)7-8-21(22)29-2/h3-8,14-15,20H,9-13H2,1-2H3. The summed E-state index contributed by atoms with van der Waals surface area (Å²) in [5, 5.41) is 2.66. The Morgan fingerprint density at radius 1 is 1.19 bits per heavy atom. The largest absolute Gasteiger partial charge is 0.495 e. The highest BCUT2D eigenvalue weighted by Gasteiger charge is 2.34. The fourth-order valence-corrected chi connectivity index (χ4v) is 7.24. The lowest BCUT2D eigenvalue weighted by molar-refractivity contribution is 0.401. The van der Waals surface area contributed by atoms with Gasteiger partial charge < -0.3 is 9.64 Å². The molecule has 8 heteroatoms. The molecule has 2 heterocycles. The van der Waals surface area contributed by atoms with Crippen molar-refractivity contribution in [2.24, 2.45) is 0 Å². The summed E-state index contributed by atoms with van der Waals surface area (Å²) in [6, 6.07) is 13.5. The molecule has 0 amide bonds. The summed E-state index contributed by atoms with van der Waals surface area (Å²) < 4.78 is 32.6. The van der Waals surface area contributed by atoms with E-state index in [0.29, 0.717) is 31.7 Å². The van der Waals surface area contributed by atoms with Gasteiger partial charge in [-0.15, -0.1) is 11.3 Å². The second-order valence-electron chi connectivity index (χ2n) is 7.75. The SMILES string of the molecule is COc1ccc(Br)cc1S(=O)(=O)C1CCN(c2nc(Cc3ccccc3C)cs2)CC1. The Balaban J connectivity index is 1.44. The maximum Gasteiger partial charge on any atom is 0.185 e. The monoisotopic (exact) mass is 520 g/mol. The zero-order valence-corrected chi connectivity index (χ0v) is 20.8. The van der Waals surface area contributed by atoms with E-state index < -0.39 is 15.1 Å². The molecule has 1 aromatic heterocycles. The molecule has 0 N–H and O–H groups in total. The summed E-state index contributed by atoms with van der Waals surface area (Å²) in [7, 11) is -1.97. The first-order chi connectivity index (χ1) is 14.9. The lowest BCUT2D eigenvalue weighted by Crippen LogP contribution is -2.39. The van der Waals surface area contributed by atoms with Gasteiger partial charge >= 0.3 is 0 Å². The molecule has 4 rings (SSSR count). The van der Waals surface area contributed by atoms with Gasteiger partial charge in [-0.2, -0.15) is 0 Å². The molecule has 0 aliphatic carbocycles. The van der Waals surface area contributed by atoms with E-state index in [0.717, 1.165) is 21.7 Å². The van der Waals surface area contributed by atoms with Crippen molar-refractivity contribution in [3.8, 4) is 5.75 Å². The van der Waals surface area contributed by atoms with Gasteiger partial charge in [0.25, 0.3) is 0 Å². The van der Waals surface area contributed by atoms with Gasteiger partial charge in [0.05, 0.1) is 18.1 Å². The van der Waals surface area contributed by atoms with Crippen LogP contribution in [0.25, 0.3) is 0 Å². The van der Waals surface area contributed by atoms with Crippen LogP contribution in [0.1, 0.15) is 29.7 Å². The predicted molar refractivity (Wildman–Crippen MR) is 129 cm³/mol. The number of methoxy groups -OCH3 is 1. The number of aryl methyl sites for hydroxylation is 1. The van der Waals surface area contributed by atoms with Crippen molar-refractivity contribution >= 4 is 42.2 Å². The lowest BCUT2D eigenvalue weighted by atomic mass is 10.1. The minimum Gasteiger partial charge on any atom is -0.495 e. The molecule has 0 radical (unpaired) electrons. The average Bonchev–Trinajstić information content (AvgIpc) is 3.24. The minimum atomic E-state index is -3.47. The third-order valence-corrected chi connectivity index (χ3v) is 9.48. The van der Waals surface area contributed by atoms with Gasteiger partial charge in [0.1, 0.15) is 10.6 Å². The molecule has 3 aromatic rings. The summed E-state index contributed by atoms with van der Waals surface area (Å²) >= 11 is 5.01. The predicted octanol–water partition coefficient (Wildman–Crippen LogP) is 5.26. The summed E-state index contributed by atoms with van der Waals surface area (Å²) in [6.07, 6.45) is 1.96. The molecule has 31 heavy (non-hydrogen) atoms. The molecular formula is C23H25BrN2O3S2. The first-order valence-electron chi connectivity index (χ1n) is 10.2. The van der Waals surface area contributed by atoms with Crippen molar-refractivity contribution in [3.63, 3.8) is 0 Å². The molecule has 1 fully saturated rings. The summed E-state index contributed by atoms with van der Waals surface area (Å²) in [5.74, 6) is 0.395. The van der Waals surface area contributed by atoms with E-state index in [9.17, 15) is 8.42 Å². The Morgan fingerprint density at radius 2 is 1.94 bits per heavy atom. The van der Waals surface area contributed by atoms with Crippen LogP contribution in [-0.4, -0.2) is 38.9 Å². The molecule has 0 unspecified atom stereocenters. The molecule has 1 aliphatic heterocycles. The molecule has 0 saturated carbocycles. The maximum absolute atomic E-state index is 13.3. The number of thiazole rings is 1. The number of rotatable bonds is 6. The van der Waals surface area contributed by atoms with E-state index in [4.69, 9.17) is 9.72 Å². The summed E-state index contributed by atoms with van der Waals surface area (Å²) in [5.41, 5.74) is 3.61. The highest BCUT2D eigenvalue weighted by atomic mass is 79.9. The number of nitrogens with zero attached hydrogens (tertiary/aromatic N) is 2. The second kappa shape index (κ2) is 9.30. The molecule has 164 valence electrons. The third kappa shape index (κ3) is 4.81. The number of hydrogen-bond donors (Lipinski definition) is 0. The third-order valence-electron chi connectivity index (χ3n) is 5.76. The number of aromatic nitrogens is 1. The van der Waals surface area contributed by atoms with Crippen molar-refractivity contribution in [1.29, 1.82) is 0 Å². The fourth-order valence-electron chi connectivity index (χ4n) is 3.94. The Morgan fingerprint density at radius 3 is 2.65 bits per heavy atom. The van der Waals surface area contributed by atoms with Gasteiger partial charge in [0.2, 0.25) is 0 Å². The van der Waals surface area contributed by atoms with Gasteiger partial charge in [-0.1, -0.05) is 40.2 Å². The minimum absolute atomic E-state index is 0.262. The van der Waals surface area contributed by atoms with Crippen LogP contribution in [0.2, 0.25) is 0 Å². The molecule has 1 aliphatic rings. The molecule has 0 atom stereocenters. The van der Waals surface area contributed by atoms with E-state index in [1.54, 1.807) is 29.5 Å². The van der Waals surface area contributed by atoms with Crippen LogP contribution in [0.3, 0.4) is 0 Å². The van der Waals surface area contributed by atoms with E-state index >= 15 is 0 Å². The van der Waals surface area contributed by atoms with Crippen molar-refractivity contribution in [1.82, 2.24) is 4.98 Å². The van der Waals surface area contributed by atoms with Gasteiger partial charge in [-0.3, -0.25) is 0 Å². The quantitative estimate of drug-likeness (QED) is 0.443. The first-order valence-corrected chi connectivity index (χ1v) is 13.4. The second-order valence-corrected chi connectivity index (χ2v) is 11.7. The lowest BCUT2D eigenvalue weighted by Gasteiger charge is -2.31. The number of sulfone groups is 1. The Bertz CT molecular complexity index is 1170. The normalized spacial score (nSPS) is 15.3. The summed E-state index contributed by atoms with van der Waals surface area (Å²) in [6.45, 7) is 3.48. The van der Waals surface area contributed by atoms with Crippen molar-refractivity contribution in [2.75, 3.05) is 25.1 Å². The molecular weight excluding hydrogens is 496 g/mol. The van der Waals surface area contributed by atoms with Gasteiger partial charge in [-0.05, 0) is 49.1 Å². The molecule has 0 bridgehead atoms. The highest BCUT2D eigenvalue weighted by molar-refractivity contribution is 9.10. The van der Waals surface area contributed by atoms with E-state index in [1.807, 2.05) is 6.07 Å². The van der Waals surface area contributed by atoms with E-state index in [2.05, 4.69) is 51.3 Å². The molecule has 5 nitrogen and oxygen atoms in total. The van der Waals surface area contributed by atoms with Crippen molar-refractivity contribution < 1.29 is 13.2 Å². The van der Waals surface area contributed by atoms with E-state index in [1.165, 1.54) is 18.2 Å². The zero-order valence-electron chi connectivity index (χ0n) is 17.5. The molecule has 1 saturated heterocycles. The van der Waals surface area contributed by atoms with Crippen LogP contribution in [0.5, 0.6) is 5.75 Å². The number of piperidine rings is 1. The smallest absolute Gasteiger partial charge is 0.185 e. The molecule has 2 aromatic carbocycles. The number of anilines is 1. The van der Waals surface area contributed by atoms with Gasteiger partial charge in [0.15, 0.2) is 15.0 Å². The number of ether oxygens (including phenoxy) is 1. The van der Waals surface area contributed by atoms with E-state index in [-0.39, 0.29) is 4.90 Å². The summed E-state index contributed by atoms with van der Waals surface area (Å²) in [4.78, 5) is 7.29. The van der Waals surface area contributed by atoms with Crippen LogP contribution in [0.15, 0.2) is 57.2 Å². The van der Waals surface area contributed by atoms with Crippen LogP contribution in [0.4, 0.5) is 5.13 Å². The highest BCUT2D eigenvalue weighted by Crippen LogP contribution is 2.34. The topological polar surface area (TPSA) is 59.5 Å². The van der Waals surface area contributed by atoms with Gasteiger partial charge in [-0.25, -0.2) is 13.4 Å². The van der Waals surface area contributed by atoms with Crippen LogP contribution < -0.4 is 9.64 Å². The van der Waals surface area contributed by atoms with Crippen LogP contribution in [-0.2, 0) is 16.3 Å². The average molecular weight is 522 g/mol. The van der Waals surface area contributed by atoms with Crippen molar-refractivity contribution in [2.45, 2.75) is 36.3 Å². The Labute approximate surface area is 196 Å². The molecule has 0 spiro atoms. The maximum atomic E-state index is 13.3. The van der Waals surface area contributed by atoms with Crippen LogP contribution >= 0.6 is 27.3 Å². The van der Waals surface area contributed by atoms with Gasteiger partial charge in [0, 0.05) is 29.4 Å². The van der Waals surface area contributed by atoms with Crippen LogP contribution in [0, 0.1) is 6.92 Å².